The van der Waals surface area contributed by atoms with Gasteiger partial charge in [-0.3, -0.25) is 0 Å². The maximum Gasteiger partial charge on any atom is 0.264 e. The third-order valence-corrected chi connectivity index (χ3v) is 3.13. The first kappa shape index (κ1) is 14.8. The van der Waals surface area contributed by atoms with E-state index in [2.05, 4.69) is 10.1 Å². The fourth-order valence-electron chi connectivity index (χ4n) is 1.62. The van der Waals surface area contributed by atoms with Crippen molar-refractivity contribution in [1.29, 1.82) is 0 Å². The molecule has 0 aliphatic heterocycles. The normalized spacial score (nSPS) is 12.7. The molecule has 0 radical (unpaired) electrons. The van der Waals surface area contributed by atoms with E-state index in [1.165, 1.54) is 0 Å². The maximum atomic E-state index is 6.15. The Kier molecular flexibility index (Phi) is 4.62. The number of hydrogen-bond acceptors (Lipinski definition) is 5. The second-order valence-electron chi connectivity index (χ2n) is 4.97. The largest absolute Gasteiger partial charge is 0.482 e. The van der Waals surface area contributed by atoms with E-state index in [0.29, 0.717) is 22.5 Å². The summed E-state index contributed by atoms with van der Waals surface area (Å²) in [6.07, 6.45) is 0. The zero-order valence-electron chi connectivity index (χ0n) is 11.8. The van der Waals surface area contributed by atoms with E-state index < -0.39 is 0 Å². The van der Waals surface area contributed by atoms with Gasteiger partial charge in [-0.1, -0.05) is 36.7 Å². The number of nitrogens with zero attached hydrogens (tertiary/aromatic N) is 2. The third kappa shape index (κ3) is 3.49. The molecule has 0 spiro atoms. The van der Waals surface area contributed by atoms with Crippen LogP contribution in [0.5, 0.6) is 5.75 Å². The molecule has 0 bridgehead atoms. The van der Waals surface area contributed by atoms with Crippen LogP contribution in [0.2, 0.25) is 5.02 Å². The molecule has 2 N–H and O–H groups in total. The van der Waals surface area contributed by atoms with E-state index in [1.807, 2.05) is 26.8 Å². The van der Waals surface area contributed by atoms with Gasteiger partial charge in [0.25, 0.3) is 5.89 Å². The summed E-state index contributed by atoms with van der Waals surface area (Å²) in [7, 11) is 0. The first-order chi connectivity index (χ1) is 9.47. The minimum atomic E-state index is -0.0638. The van der Waals surface area contributed by atoms with Crippen LogP contribution in [0, 0.1) is 0 Å². The van der Waals surface area contributed by atoms with E-state index in [0.717, 1.165) is 5.56 Å². The van der Waals surface area contributed by atoms with Gasteiger partial charge in [0, 0.05) is 12.0 Å². The summed E-state index contributed by atoms with van der Waals surface area (Å²) in [4.78, 5) is 4.23. The molecule has 0 saturated carbocycles. The molecular formula is C14H18ClN3O2. The van der Waals surface area contributed by atoms with Crippen LogP contribution in [0.4, 0.5) is 0 Å². The van der Waals surface area contributed by atoms with Crippen molar-refractivity contribution < 1.29 is 9.26 Å². The van der Waals surface area contributed by atoms with Gasteiger partial charge in [0.2, 0.25) is 0 Å². The highest BCUT2D eigenvalue weighted by molar-refractivity contribution is 6.32. The molecule has 1 unspecified atom stereocenters. The van der Waals surface area contributed by atoms with Crippen molar-refractivity contribution in [1.82, 2.24) is 10.1 Å². The molecule has 5 nitrogen and oxygen atoms in total. The summed E-state index contributed by atoms with van der Waals surface area (Å²) in [5.41, 5.74) is 6.76. The smallest absolute Gasteiger partial charge is 0.264 e. The second kappa shape index (κ2) is 6.24. The highest BCUT2D eigenvalue weighted by Crippen LogP contribution is 2.28. The van der Waals surface area contributed by atoms with E-state index in [1.54, 1.807) is 12.1 Å². The minimum absolute atomic E-state index is 0.0638. The molecule has 2 aromatic rings. The van der Waals surface area contributed by atoms with Gasteiger partial charge in [-0.25, -0.2) is 0 Å². The second-order valence-corrected chi connectivity index (χ2v) is 5.38. The molecule has 20 heavy (non-hydrogen) atoms. The predicted octanol–water partition coefficient (Wildman–Crippen LogP) is 3.45. The number of aromatic nitrogens is 2. The zero-order valence-corrected chi connectivity index (χ0v) is 12.5. The summed E-state index contributed by atoms with van der Waals surface area (Å²) in [6.45, 7) is 6.09. The lowest BCUT2D eigenvalue weighted by Gasteiger charge is -2.09. The van der Waals surface area contributed by atoms with Gasteiger partial charge in [0.15, 0.2) is 12.4 Å². The average molecular weight is 296 g/mol. The lowest BCUT2D eigenvalue weighted by molar-refractivity contribution is 0.242. The van der Waals surface area contributed by atoms with Crippen molar-refractivity contribution in [2.75, 3.05) is 0 Å². The lowest BCUT2D eigenvalue weighted by atomic mass is 10.1. The molecule has 0 saturated heterocycles. The highest BCUT2D eigenvalue weighted by atomic mass is 35.5. The van der Waals surface area contributed by atoms with Gasteiger partial charge < -0.3 is 15.0 Å². The molecule has 1 heterocycles. The Morgan fingerprint density at radius 1 is 1.35 bits per heavy atom. The molecular weight excluding hydrogens is 278 g/mol. The molecule has 6 heteroatoms. The van der Waals surface area contributed by atoms with Gasteiger partial charge in [0.1, 0.15) is 5.75 Å². The van der Waals surface area contributed by atoms with Crippen LogP contribution in [-0.2, 0) is 6.61 Å². The summed E-state index contributed by atoms with van der Waals surface area (Å²) in [6, 6.07) is 5.42. The molecule has 1 atom stereocenters. The molecule has 0 amide bonds. The maximum absolute atomic E-state index is 6.15. The number of benzene rings is 1. The predicted molar refractivity (Wildman–Crippen MR) is 76.8 cm³/mol. The first-order valence-electron chi connectivity index (χ1n) is 6.47. The summed E-state index contributed by atoms with van der Waals surface area (Å²) < 4.78 is 10.7. The van der Waals surface area contributed by atoms with E-state index in [4.69, 9.17) is 26.6 Å². The van der Waals surface area contributed by atoms with Gasteiger partial charge >= 0.3 is 0 Å². The molecule has 0 aliphatic carbocycles. The van der Waals surface area contributed by atoms with Crippen LogP contribution in [0.25, 0.3) is 0 Å². The van der Waals surface area contributed by atoms with Crippen molar-refractivity contribution in [3.63, 3.8) is 0 Å². The molecule has 1 aromatic carbocycles. The van der Waals surface area contributed by atoms with Crippen molar-refractivity contribution in [2.24, 2.45) is 5.73 Å². The topological polar surface area (TPSA) is 74.2 Å². The van der Waals surface area contributed by atoms with E-state index in [9.17, 15) is 0 Å². The van der Waals surface area contributed by atoms with Crippen LogP contribution in [0.3, 0.4) is 0 Å². The molecule has 1 aromatic heterocycles. The van der Waals surface area contributed by atoms with Crippen LogP contribution in [0.15, 0.2) is 22.7 Å². The summed E-state index contributed by atoms with van der Waals surface area (Å²) in [5.74, 6) is 1.89. The number of hydrogen-bond donors (Lipinski definition) is 1. The Hall–Kier alpha value is -1.59. The van der Waals surface area contributed by atoms with E-state index >= 15 is 0 Å². The minimum Gasteiger partial charge on any atom is -0.482 e. The van der Waals surface area contributed by atoms with Crippen LogP contribution >= 0.6 is 11.6 Å². The number of rotatable bonds is 5. The standard InChI is InChI=1S/C14H18ClN3O2/c1-8(2)14-17-13(20-18-14)7-19-12-5-4-10(9(3)16)6-11(12)15/h4-6,8-9H,7,16H2,1-3H3. The number of nitrogens with two attached hydrogens (primary N) is 1. The fourth-order valence-corrected chi connectivity index (χ4v) is 1.86. The quantitative estimate of drug-likeness (QED) is 0.914. The third-order valence-electron chi connectivity index (χ3n) is 2.83. The molecule has 2 rings (SSSR count). The lowest BCUT2D eigenvalue weighted by Crippen LogP contribution is -2.05. The number of ether oxygens (including phenoxy) is 1. The van der Waals surface area contributed by atoms with Crippen molar-refractivity contribution in [3.8, 4) is 5.75 Å². The Balaban J connectivity index is 2.03. The molecule has 0 aliphatic rings. The van der Waals surface area contributed by atoms with Crippen LogP contribution < -0.4 is 10.5 Å². The van der Waals surface area contributed by atoms with Gasteiger partial charge in [-0.15, -0.1) is 0 Å². The SMILES string of the molecule is CC(C)c1noc(COc2ccc(C(C)N)cc2Cl)n1. The Morgan fingerprint density at radius 3 is 2.65 bits per heavy atom. The van der Waals surface area contributed by atoms with E-state index in [-0.39, 0.29) is 18.6 Å². The Bertz CT molecular complexity index is 582. The van der Waals surface area contributed by atoms with Gasteiger partial charge in [-0.2, -0.15) is 4.98 Å². The fraction of sp³-hybridized carbons (Fsp3) is 0.429. The van der Waals surface area contributed by atoms with Crippen molar-refractivity contribution in [3.05, 3.63) is 40.5 Å². The zero-order chi connectivity index (χ0) is 14.7. The Labute approximate surface area is 123 Å². The van der Waals surface area contributed by atoms with Gasteiger partial charge in [-0.05, 0) is 24.6 Å². The molecule has 108 valence electrons. The first-order valence-corrected chi connectivity index (χ1v) is 6.85. The van der Waals surface area contributed by atoms with Crippen molar-refractivity contribution in [2.45, 2.75) is 39.3 Å². The number of halogens is 1. The van der Waals surface area contributed by atoms with Crippen LogP contribution in [0.1, 0.15) is 50.0 Å². The van der Waals surface area contributed by atoms with Crippen LogP contribution in [-0.4, -0.2) is 10.1 Å². The summed E-state index contributed by atoms with van der Waals surface area (Å²) >= 11 is 6.15. The van der Waals surface area contributed by atoms with Crippen molar-refractivity contribution >= 4 is 11.6 Å². The monoisotopic (exact) mass is 295 g/mol. The average Bonchev–Trinajstić information content (AvgIpc) is 2.86. The Morgan fingerprint density at radius 2 is 2.10 bits per heavy atom. The molecule has 0 fully saturated rings. The highest BCUT2D eigenvalue weighted by Gasteiger charge is 2.11. The van der Waals surface area contributed by atoms with Gasteiger partial charge in [0.05, 0.1) is 5.02 Å². The summed E-state index contributed by atoms with van der Waals surface area (Å²) in [5, 5.41) is 4.39.